The summed E-state index contributed by atoms with van der Waals surface area (Å²) in [4.78, 5) is 18.9. The highest BCUT2D eigenvalue weighted by atomic mass is 79.9. The van der Waals surface area contributed by atoms with Crippen molar-refractivity contribution in [3.05, 3.63) is 28.8 Å². The molecule has 106 valence electrons. The molecule has 6 nitrogen and oxygen atoms in total. The van der Waals surface area contributed by atoms with Gasteiger partial charge in [-0.05, 0) is 22.0 Å². The first-order chi connectivity index (χ1) is 9.45. The van der Waals surface area contributed by atoms with Crippen molar-refractivity contribution in [3.63, 3.8) is 0 Å². The van der Waals surface area contributed by atoms with E-state index in [0.29, 0.717) is 17.5 Å². The highest BCUT2D eigenvalue weighted by Gasteiger charge is 2.12. The normalized spacial score (nSPS) is 10.7. The van der Waals surface area contributed by atoms with Crippen molar-refractivity contribution in [1.82, 2.24) is 19.9 Å². The van der Waals surface area contributed by atoms with Crippen LogP contribution >= 0.6 is 15.9 Å². The van der Waals surface area contributed by atoms with Crippen LogP contribution in [0.25, 0.3) is 0 Å². The van der Waals surface area contributed by atoms with Crippen molar-refractivity contribution in [3.8, 4) is 11.8 Å². The Balaban J connectivity index is 2.35. The molecular weight excluding hydrogens is 322 g/mol. The Bertz CT molecular complexity index is 577. The summed E-state index contributed by atoms with van der Waals surface area (Å²) in [5.74, 6) is 2.04. The minimum absolute atomic E-state index is 0.194. The maximum Gasteiger partial charge on any atom is 0.327 e. The van der Waals surface area contributed by atoms with Crippen molar-refractivity contribution in [2.45, 2.75) is 19.8 Å². The average molecular weight is 338 g/mol. The van der Waals surface area contributed by atoms with Crippen LogP contribution in [0, 0.1) is 0 Å². The molecule has 0 aliphatic heterocycles. The van der Waals surface area contributed by atoms with Crippen LogP contribution in [-0.2, 0) is 0 Å². The first-order valence-corrected chi connectivity index (χ1v) is 6.96. The second-order valence-electron chi connectivity index (χ2n) is 4.77. The van der Waals surface area contributed by atoms with E-state index in [0.717, 1.165) is 4.47 Å². The van der Waals surface area contributed by atoms with Gasteiger partial charge in [-0.1, -0.05) is 13.8 Å². The zero-order valence-corrected chi connectivity index (χ0v) is 13.4. The summed E-state index contributed by atoms with van der Waals surface area (Å²) in [5, 5.41) is 0. The molecule has 2 heterocycles. The van der Waals surface area contributed by atoms with E-state index in [1.54, 1.807) is 18.5 Å². The van der Waals surface area contributed by atoms with Gasteiger partial charge in [0.25, 0.3) is 0 Å². The molecule has 0 radical (unpaired) electrons. The maximum atomic E-state index is 5.66. The summed E-state index contributed by atoms with van der Waals surface area (Å²) < 4.78 is 6.49. The second-order valence-corrected chi connectivity index (χ2v) is 5.68. The lowest BCUT2D eigenvalue weighted by molar-refractivity contribution is 0.432. The number of rotatable bonds is 4. The Morgan fingerprint density at radius 1 is 1.15 bits per heavy atom. The van der Waals surface area contributed by atoms with Crippen LogP contribution in [0.5, 0.6) is 11.8 Å². The van der Waals surface area contributed by atoms with Gasteiger partial charge in [-0.3, -0.25) is 4.98 Å². The first kappa shape index (κ1) is 14.6. The van der Waals surface area contributed by atoms with Crippen LogP contribution in [0.3, 0.4) is 0 Å². The van der Waals surface area contributed by atoms with E-state index in [1.165, 1.54) is 0 Å². The van der Waals surface area contributed by atoms with Crippen LogP contribution in [-0.4, -0.2) is 34.0 Å². The highest BCUT2D eigenvalue weighted by Crippen LogP contribution is 2.23. The van der Waals surface area contributed by atoms with Gasteiger partial charge in [0.15, 0.2) is 5.75 Å². The molecule has 0 spiro atoms. The molecule has 0 N–H and O–H groups in total. The van der Waals surface area contributed by atoms with E-state index in [9.17, 15) is 0 Å². The molecule has 0 aliphatic carbocycles. The molecule has 2 rings (SSSR count). The van der Waals surface area contributed by atoms with Crippen LogP contribution < -0.4 is 9.64 Å². The van der Waals surface area contributed by atoms with E-state index in [4.69, 9.17) is 4.74 Å². The van der Waals surface area contributed by atoms with E-state index in [-0.39, 0.29) is 11.9 Å². The van der Waals surface area contributed by atoms with Gasteiger partial charge in [0.2, 0.25) is 5.95 Å². The quantitative estimate of drug-likeness (QED) is 0.854. The number of hydrogen-bond donors (Lipinski definition) is 0. The van der Waals surface area contributed by atoms with Crippen LogP contribution in [0.2, 0.25) is 0 Å². The standard InChI is InChI=1S/C13H16BrN5O/c1-8(2)11-16-12(19(3)4)18-13(17-11)20-10-5-9(14)6-15-7-10/h5-8H,1-4H3. The molecule has 0 amide bonds. The molecule has 2 aromatic rings. The molecule has 0 saturated carbocycles. The number of aromatic nitrogens is 4. The molecule has 0 aliphatic rings. The minimum Gasteiger partial charge on any atom is -0.422 e. The summed E-state index contributed by atoms with van der Waals surface area (Å²) in [6.07, 6.45) is 3.30. The lowest BCUT2D eigenvalue weighted by Crippen LogP contribution is -2.15. The molecule has 2 aromatic heterocycles. The number of halogens is 1. The van der Waals surface area contributed by atoms with Crippen molar-refractivity contribution >= 4 is 21.9 Å². The summed E-state index contributed by atoms with van der Waals surface area (Å²) in [7, 11) is 3.76. The average Bonchev–Trinajstić information content (AvgIpc) is 2.38. The SMILES string of the molecule is CC(C)c1nc(Oc2cncc(Br)c2)nc(N(C)C)n1. The Hall–Kier alpha value is -1.76. The third kappa shape index (κ3) is 3.63. The molecule has 0 saturated heterocycles. The third-order valence-electron chi connectivity index (χ3n) is 2.43. The fourth-order valence-corrected chi connectivity index (χ4v) is 1.76. The fraction of sp³-hybridized carbons (Fsp3) is 0.385. The Kier molecular flexibility index (Phi) is 4.49. The minimum atomic E-state index is 0.194. The Labute approximate surface area is 126 Å². The van der Waals surface area contributed by atoms with Gasteiger partial charge >= 0.3 is 6.01 Å². The van der Waals surface area contributed by atoms with Crippen molar-refractivity contribution in [1.29, 1.82) is 0 Å². The zero-order valence-electron chi connectivity index (χ0n) is 11.8. The molecule has 0 fully saturated rings. The van der Waals surface area contributed by atoms with Crippen molar-refractivity contribution in [2.75, 3.05) is 19.0 Å². The zero-order chi connectivity index (χ0) is 14.7. The Morgan fingerprint density at radius 2 is 1.90 bits per heavy atom. The smallest absolute Gasteiger partial charge is 0.327 e. The van der Waals surface area contributed by atoms with Gasteiger partial charge in [-0.2, -0.15) is 15.0 Å². The van der Waals surface area contributed by atoms with Gasteiger partial charge in [0, 0.05) is 30.7 Å². The summed E-state index contributed by atoms with van der Waals surface area (Å²) >= 11 is 3.35. The largest absolute Gasteiger partial charge is 0.422 e. The van der Waals surface area contributed by atoms with E-state index < -0.39 is 0 Å². The molecule has 20 heavy (non-hydrogen) atoms. The predicted octanol–water partition coefficient (Wildman–Crippen LogP) is 3.01. The van der Waals surface area contributed by atoms with Gasteiger partial charge in [0.05, 0.1) is 6.20 Å². The van der Waals surface area contributed by atoms with E-state index in [2.05, 4.69) is 35.9 Å². The number of ether oxygens (including phenoxy) is 1. The van der Waals surface area contributed by atoms with Gasteiger partial charge in [-0.25, -0.2) is 0 Å². The van der Waals surface area contributed by atoms with Crippen LogP contribution in [0.1, 0.15) is 25.6 Å². The lowest BCUT2D eigenvalue weighted by Gasteiger charge is -2.14. The van der Waals surface area contributed by atoms with Gasteiger partial charge in [0.1, 0.15) is 5.82 Å². The topological polar surface area (TPSA) is 64.0 Å². The summed E-state index contributed by atoms with van der Waals surface area (Å²) in [6.45, 7) is 4.05. The maximum absolute atomic E-state index is 5.66. The molecule has 0 atom stereocenters. The Morgan fingerprint density at radius 3 is 2.50 bits per heavy atom. The van der Waals surface area contributed by atoms with E-state index >= 15 is 0 Å². The number of nitrogens with zero attached hydrogens (tertiary/aromatic N) is 5. The van der Waals surface area contributed by atoms with Crippen LogP contribution in [0.15, 0.2) is 22.9 Å². The lowest BCUT2D eigenvalue weighted by atomic mass is 10.2. The summed E-state index contributed by atoms with van der Waals surface area (Å²) in [6, 6.07) is 2.08. The number of anilines is 1. The van der Waals surface area contributed by atoms with Crippen LogP contribution in [0.4, 0.5) is 5.95 Å². The third-order valence-corrected chi connectivity index (χ3v) is 2.86. The molecular formula is C13H16BrN5O. The highest BCUT2D eigenvalue weighted by molar-refractivity contribution is 9.10. The molecule has 0 aromatic carbocycles. The second kappa shape index (κ2) is 6.13. The summed E-state index contributed by atoms with van der Waals surface area (Å²) in [5.41, 5.74) is 0. The first-order valence-electron chi connectivity index (χ1n) is 6.17. The number of hydrogen-bond acceptors (Lipinski definition) is 6. The molecule has 0 unspecified atom stereocenters. The van der Waals surface area contributed by atoms with Crippen molar-refractivity contribution < 1.29 is 4.74 Å². The van der Waals surface area contributed by atoms with E-state index in [1.807, 2.05) is 32.8 Å². The fourth-order valence-electron chi connectivity index (χ4n) is 1.42. The monoisotopic (exact) mass is 337 g/mol. The number of pyridine rings is 1. The molecule has 7 heteroatoms. The van der Waals surface area contributed by atoms with Crippen molar-refractivity contribution in [2.24, 2.45) is 0 Å². The van der Waals surface area contributed by atoms with Gasteiger partial charge in [-0.15, -0.1) is 0 Å². The van der Waals surface area contributed by atoms with Gasteiger partial charge < -0.3 is 9.64 Å². The molecule has 0 bridgehead atoms. The predicted molar refractivity (Wildman–Crippen MR) is 80.3 cm³/mol.